The van der Waals surface area contributed by atoms with E-state index in [4.69, 9.17) is 0 Å². The number of rotatable bonds is 2. The Morgan fingerprint density at radius 2 is 1.80 bits per heavy atom. The Labute approximate surface area is 111 Å². The summed E-state index contributed by atoms with van der Waals surface area (Å²) in [4.78, 5) is 11.3. The van der Waals surface area contributed by atoms with Crippen LogP contribution in [0.5, 0.6) is 5.75 Å². The van der Waals surface area contributed by atoms with Crippen molar-refractivity contribution in [3.63, 3.8) is 0 Å². The van der Waals surface area contributed by atoms with Crippen molar-refractivity contribution in [2.24, 2.45) is 0 Å². The molecule has 0 saturated carbocycles. The first-order valence-electron chi connectivity index (χ1n) is 5.58. The van der Waals surface area contributed by atoms with Crippen LogP contribution >= 0.6 is 0 Å². The third-order valence-corrected chi connectivity index (χ3v) is 2.50. The molecule has 20 heavy (non-hydrogen) atoms. The van der Waals surface area contributed by atoms with Gasteiger partial charge in [0.25, 0.3) is 0 Å². The molecule has 4 nitrogen and oxygen atoms in total. The van der Waals surface area contributed by atoms with E-state index in [2.05, 4.69) is 10.1 Å². The number of fused-ring (bicyclic) bond motifs is 1. The van der Waals surface area contributed by atoms with Gasteiger partial charge in [-0.05, 0) is 12.1 Å². The quantitative estimate of drug-likeness (QED) is 0.885. The second-order valence-corrected chi connectivity index (χ2v) is 3.99. The summed E-state index contributed by atoms with van der Waals surface area (Å²) in [5.41, 5.74) is 0.255. The molecule has 2 N–H and O–H groups in total. The summed E-state index contributed by atoms with van der Waals surface area (Å²) in [6.07, 6.45) is -5.79. The minimum Gasteiger partial charge on any atom is -0.507 e. The van der Waals surface area contributed by atoms with Gasteiger partial charge in [-0.2, -0.15) is 13.2 Å². The predicted octanol–water partition coefficient (Wildman–Crippen LogP) is 3.66. The zero-order valence-electron chi connectivity index (χ0n) is 10.1. The van der Waals surface area contributed by atoms with Gasteiger partial charge in [0.2, 0.25) is 0 Å². The van der Waals surface area contributed by atoms with Gasteiger partial charge in [-0.1, -0.05) is 24.3 Å². The first-order chi connectivity index (χ1) is 9.37. The average molecular weight is 285 g/mol. The summed E-state index contributed by atoms with van der Waals surface area (Å²) in [6.45, 7) is -1.66. The summed E-state index contributed by atoms with van der Waals surface area (Å²) in [6, 6.07) is 9.32. The van der Waals surface area contributed by atoms with Gasteiger partial charge in [0, 0.05) is 10.8 Å². The molecule has 0 aliphatic heterocycles. The van der Waals surface area contributed by atoms with E-state index in [1.165, 1.54) is 12.1 Å². The van der Waals surface area contributed by atoms with Gasteiger partial charge >= 0.3 is 12.3 Å². The third kappa shape index (κ3) is 3.31. The summed E-state index contributed by atoms with van der Waals surface area (Å²) in [7, 11) is 0. The molecule has 0 unspecified atom stereocenters. The molecule has 2 aromatic rings. The lowest BCUT2D eigenvalue weighted by Gasteiger charge is -2.11. The number of aromatic hydroxyl groups is 1. The number of anilines is 1. The number of amides is 1. The topological polar surface area (TPSA) is 58.6 Å². The van der Waals surface area contributed by atoms with E-state index < -0.39 is 18.9 Å². The van der Waals surface area contributed by atoms with Gasteiger partial charge in [0.1, 0.15) is 5.75 Å². The maximum absolute atomic E-state index is 11.9. The molecule has 0 saturated heterocycles. The lowest BCUT2D eigenvalue weighted by molar-refractivity contribution is -0.159. The van der Waals surface area contributed by atoms with Crippen LogP contribution in [0.4, 0.5) is 23.7 Å². The molecule has 1 amide bonds. The molecule has 106 valence electrons. The van der Waals surface area contributed by atoms with Crippen molar-refractivity contribution in [1.82, 2.24) is 0 Å². The molecule has 0 heterocycles. The summed E-state index contributed by atoms with van der Waals surface area (Å²) < 4.78 is 39.8. The van der Waals surface area contributed by atoms with Crippen molar-refractivity contribution in [2.75, 3.05) is 11.9 Å². The first-order valence-corrected chi connectivity index (χ1v) is 5.58. The van der Waals surface area contributed by atoms with Crippen molar-refractivity contribution in [2.45, 2.75) is 6.18 Å². The van der Waals surface area contributed by atoms with E-state index in [1.54, 1.807) is 24.3 Å². The maximum Gasteiger partial charge on any atom is 0.422 e. The number of carbonyl (C=O) groups is 1. The smallest absolute Gasteiger partial charge is 0.422 e. The number of phenolic OH excluding ortho intramolecular Hbond substituents is 1. The number of alkyl halides is 3. The molecule has 0 spiro atoms. The van der Waals surface area contributed by atoms with E-state index >= 15 is 0 Å². The largest absolute Gasteiger partial charge is 0.507 e. The van der Waals surface area contributed by atoms with Gasteiger partial charge in [0.15, 0.2) is 6.61 Å². The Hall–Kier alpha value is -2.44. The Morgan fingerprint density at radius 1 is 1.15 bits per heavy atom. The van der Waals surface area contributed by atoms with Gasteiger partial charge in [-0.25, -0.2) is 4.79 Å². The SMILES string of the molecule is O=C(Nc1cccc2c(O)cccc12)OCC(F)(F)F. The number of hydrogen-bond donors (Lipinski definition) is 2. The van der Waals surface area contributed by atoms with Crippen molar-refractivity contribution in [1.29, 1.82) is 0 Å². The number of halogens is 3. The third-order valence-electron chi connectivity index (χ3n) is 2.50. The standard InChI is InChI=1S/C13H10F3NO3/c14-13(15,16)7-20-12(19)17-10-5-1-4-9-8(10)3-2-6-11(9)18/h1-6,18H,7H2,(H,17,19). The fourth-order valence-corrected chi connectivity index (χ4v) is 1.70. The molecule has 0 bridgehead atoms. The minimum absolute atomic E-state index is 0.00908. The van der Waals surface area contributed by atoms with Crippen LogP contribution in [0.1, 0.15) is 0 Å². The molecule has 7 heteroatoms. The number of nitrogens with one attached hydrogen (secondary N) is 1. The highest BCUT2D eigenvalue weighted by Gasteiger charge is 2.29. The maximum atomic E-state index is 11.9. The first kappa shape index (κ1) is 14.0. The Morgan fingerprint density at radius 3 is 2.50 bits per heavy atom. The lowest BCUT2D eigenvalue weighted by Crippen LogP contribution is -2.23. The van der Waals surface area contributed by atoms with Crippen molar-refractivity contribution in [3.05, 3.63) is 36.4 Å². The molecule has 0 fully saturated rings. The van der Waals surface area contributed by atoms with Crippen LogP contribution in [0.15, 0.2) is 36.4 Å². The number of ether oxygens (including phenoxy) is 1. The molecule has 0 aromatic heterocycles. The molecule has 0 aliphatic rings. The average Bonchev–Trinajstić information content (AvgIpc) is 2.37. The fourth-order valence-electron chi connectivity index (χ4n) is 1.70. The van der Waals surface area contributed by atoms with Crippen molar-refractivity contribution < 1.29 is 27.8 Å². The van der Waals surface area contributed by atoms with Gasteiger partial charge in [0.05, 0.1) is 5.69 Å². The molecule has 0 aliphatic carbocycles. The van der Waals surface area contributed by atoms with E-state index in [9.17, 15) is 23.1 Å². The molecule has 2 aromatic carbocycles. The highest BCUT2D eigenvalue weighted by molar-refractivity contribution is 6.02. The zero-order chi connectivity index (χ0) is 14.8. The molecule has 0 atom stereocenters. The van der Waals surface area contributed by atoms with Crippen LogP contribution in [-0.4, -0.2) is 24.0 Å². The predicted molar refractivity (Wildman–Crippen MR) is 66.6 cm³/mol. The highest BCUT2D eigenvalue weighted by Crippen LogP contribution is 2.29. The summed E-state index contributed by atoms with van der Waals surface area (Å²) in [5.74, 6) is 0.00908. The Bertz CT molecular complexity index is 640. The number of phenols is 1. The van der Waals surface area contributed by atoms with Crippen LogP contribution in [-0.2, 0) is 4.74 Å². The summed E-state index contributed by atoms with van der Waals surface area (Å²) >= 11 is 0. The van der Waals surface area contributed by atoms with E-state index in [1.807, 2.05) is 0 Å². The van der Waals surface area contributed by atoms with Crippen LogP contribution in [0.25, 0.3) is 10.8 Å². The highest BCUT2D eigenvalue weighted by atomic mass is 19.4. The number of hydrogen-bond acceptors (Lipinski definition) is 3. The van der Waals surface area contributed by atoms with Gasteiger partial charge in [-0.15, -0.1) is 0 Å². The summed E-state index contributed by atoms with van der Waals surface area (Å²) in [5, 5.41) is 12.8. The Kier molecular flexibility index (Phi) is 3.69. The Balaban J connectivity index is 2.18. The second-order valence-electron chi connectivity index (χ2n) is 3.99. The van der Waals surface area contributed by atoms with Crippen LogP contribution < -0.4 is 5.32 Å². The van der Waals surface area contributed by atoms with Gasteiger partial charge < -0.3 is 9.84 Å². The fraction of sp³-hybridized carbons (Fsp3) is 0.154. The van der Waals surface area contributed by atoms with Crippen LogP contribution in [0, 0.1) is 0 Å². The normalized spacial score (nSPS) is 11.3. The lowest BCUT2D eigenvalue weighted by atomic mass is 10.1. The molecule has 2 rings (SSSR count). The monoisotopic (exact) mass is 285 g/mol. The number of carbonyl (C=O) groups excluding carboxylic acids is 1. The molecular formula is C13H10F3NO3. The van der Waals surface area contributed by atoms with Crippen LogP contribution in [0.2, 0.25) is 0 Å². The van der Waals surface area contributed by atoms with E-state index in [-0.39, 0.29) is 11.4 Å². The second kappa shape index (κ2) is 5.28. The minimum atomic E-state index is -4.58. The van der Waals surface area contributed by atoms with E-state index in [0.29, 0.717) is 10.8 Å². The molecule has 0 radical (unpaired) electrons. The van der Waals surface area contributed by atoms with Crippen molar-refractivity contribution in [3.8, 4) is 5.75 Å². The molecular weight excluding hydrogens is 275 g/mol. The van der Waals surface area contributed by atoms with Gasteiger partial charge in [-0.3, -0.25) is 5.32 Å². The number of benzene rings is 2. The van der Waals surface area contributed by atoms with E-state index in [0.717, 1.165) is 0 Å². The van der Waals surface area contributed by atoms with Crippen molar-refractivity contribution >= 4 is 22.6 Å². The van der Waals surface area contributed by atoms with Crippen LogP contribution in [0.3, 0.4) is 0 Å². The zero-order valence-corrected chi connectivity index (χ0v) is 10.1.